The minimum Gasteiger partial charge on any atom is -0.488 e. The maximum absolute atomic E-state index is 12.4. The quantitative estimate of drug-likeness (QED) is 0.890. The molecular formula is C15H16ClNO4S. The van der Waals surface area contributed by atoms with Crippen molar-refractivity contribution in [1.82, 2.24) is 5.32 Å². The molecule has 0 saturated carbocycles. The molecule has 1 atom stereocenters. The molecule has 5 nitrogen and oxygen atoms in total. The number of ether oxygens (including phenoxy) is 1. The third-order valence-electron chi connectivity index (χ3n) is 3.90. The molecule has 1 amide bonds. The molecule has 2 aliphatic heterocycles. The van der Waals surface area contributed by atoms with Crippen LogP contribution in [0.15, 0.2) is 23.8 Å². The van der Waals surface area contributed by atoms with Gasteiger partial charge in [0.1, 0.15) is 12.4 Å². The van der Waals surface area contributed by atoms with Gasteiger partial charge in [-0.05, 0) is 37.6 Å². The minimum atomic E-state index is -3.07. The zero-order valence-electron chi connectivity index (χ0n) is 12.1. The summed E-state index contributed by atoms with van der Waals surface area (Å²) in [7, 11) is -3.07. The number of nitrogens with one attached hydrogen (secondary N) is 1. The van der Waals surface area contributed by atoms with E-state index in [1.165, 1.54) is 0 Å². The molecule has 2 heterocycles. The van der Waals surface area contributed by atoms with Crippen molar-refractivity contribution in [3.8, 4) is 5.75 Å². The van der Waals surface area contributed by atoms with Crippen molar-refractivity contribution in [3.63, 3.8) is 0 Å². The third-order valence-corrected chi connectivity index (χ3v) is 6.03. The summed E-state index contributed by atoms with van der Waals surface area (Å²) in [5.74, 6) is 0.459. The lowest BCUT2D eigenvalue weighted by molar-refractivity contribution is -0.119. The van der Waals surface area contributed by atoms with Gasteiger partial charge in [0.05, 0.1) is 22.6 Å². The van der Waals surface area contributed by atoms with Crippen LogP contribution in [-0.2, 0) is 14.6 Å². The predicted molar refractivity (Wildman–Crippen MR) is 84.7 cm³/mol. The second-order valence-electron chi connectivity index (χ2n) is 6.00. The number of hydrogen-bond donors (Lipinski definition) is 1. The van der Waals surface area contributed by atoms with Crippen LogP contribution in [-0.4, -0.2) is 38.0 Å². The molecule has 1 aromatic carbocycles. The Balaban J connectivity index is 1.79. The van der Waals surface area contributed by atoms with Gasteiger partial charge >= 0.3 is 0 Å². The topological polar surface area (TPSA) is 72.5 Å². The zero-order valence-corrected chi connectivity index (χ0v) is 13.6. The molecule has 118 valence electrons. The van der Waals surface area contributed by atoms with Crippen molar-refractivity contribution in [1.29, 1.82) is 0 Å². The molecule has 1 N–H and O–H groups in total. The molecule has 0 bridgehead atoms. The van der Waals surface area contributed by atoms with Crippen LogP contribution in [0.3, 0.4) is 0 Å². The predicted octanol–water partition coefficient (Wildman–Crippen LogP) is 1.81. The van der Waals surface area contributed by atoms with Crippen LogP contribution in [0.1, 0.15) is 18.9 Å². The van der Waals surface area contributed by atoms with Crippen molar-refractivity contribution in [3.05, 3.63) is 34.4 Å². The highest BCUT2D eigenvalue weighted by Crippen LogP contribution is 2.30. The molecule has 0 aliphatic carbocycles. The molecule has 0 spiro atoms. The summed E-state index contributed by atoms with van der Waals surface area (Å²) in [6, 6.07) is 5.21. The number of carbonyl (C=O) groups excluding carboxylic acids is 1. The molecule has 22 heavy (non-hydrogen) atoms. The van der Waals surface area contributed by atoms with E-state index in [2.05, 4.69) is 5.32 Å². The monoisotopic (exact) mass is 341 g/mol. The molecule has 1 saturated heterocycles. The van der Waals surface area contributed by atoms with E-state index in [1.807, 2.05) is 0 Å². The number of sulfone groups is 1. The lowest BCUT2D eigenvalue weighted by Gasteiger charge is -2.26. The van der Waals surface area contributed by atoms with Crippen molar-refractivity contribution >= 4 is 33.4 Å². The van der Waals surface area contributed by atoms with Gasteiger partial charge in [-0.1, -0.05) is 11.6 Å². The van der Waals surface area contributed by atoms with Gasteiger partial charge in [-0.2, -0.15) is 0 Å². The van der Waals surface area contributed by atoms with E-state index >= 15 is 0 Å². The lowest BCUT2D eigenvalue weighted by Crippen LogP contribution is -2.48. The van der Waals surface area contributed by atoms with Crippen molar-refractivity contribution < 1.29 is 17.9 Å². The van der Waals surface area contributed by atoms with E-state index in [0.717, 1.165) is 5.56 Å². The molecule has 1 aromatic rings. The molecule has 2 aliphatic rings. The fourth-order valence-corrected chi connectivity index (χ4v) is 5.02. The summed E-state index contributed by atoms with van der Waals surface area (Å²) in [6.45, 7) is 1.91. The Labute approximate surface area is 134 Å². The Kier molecular flexibility index (Phi) is 3.69. The molecule has 7 heteroatoms. The van der Waals surface area contributed by atoms with Crippen LogP contribution in [0.5, 0.6) is 5.75 Å². The van der Waals surface area contributed by atoms with Gasteiger partial charge in [-0.3, -0.25) is 4.79 Å². The number of amides is 1. The van der Waals surface area contributed by atoms with E-state index in [1.54, 1.807) is 31.2 Å². The molecule has 1 fully saturated rings. The fraction of sp³-hybridized carbons (Fsp3) is 0.400. The summed E-state index contributed by atoms with van der Waals surface area (Å²) < 4.78 is 28.7. The van der Waals surface area contributed by atoms with Gasteiger partial charge in [0.2, 0.25) is 0 Å². The smallest absolute Gasteiger partial charge is 0.251 e. The molecule has 0 aromatic heterocycles. The van der Waals surface area contributed by atoms with E-state index in [4.69, 9.17) is 16.3 Å². The van der Waals surface area contributed by atoms with Gasteiger partial charge < -0.3 is 10.1 Å². The SMILES string of the molecule is CC1(NC(=O)C2=Cc3cc(Cl)ccc3OC2)CCS(=O)(=O)C1. The first-order chi connectivity index (χ1) is 10.3. The third kappa shape index (κ3) is 3.13. The van der Waals surface area contributed by atoms with Crippen molar-refractivity contribution in [2.75, 3.05) is 18.1 Å². The normalized spacial score (nSPS) is 25.8. The lowest BCUT2D eigenvalue weighted by atomic mass is 10.0. The second-order valence-corrected chi connectivity index (χ2v) is 8.62. The second kappa shape index (κ2) is 5.28. The van der Waals surface area contributed by atoms with E-state index < -0.39 is 15.4 Å². The first-order valence-electron chi connectivity index (χ1n) is 6.92. The standard InChI is InChI=1S/C15H16ClNO4S/c1-15(4-5-22(19,20)9-15)17-14(18)11-6-10-7-12(16)2-3-13(10)21-8-11/h2-3,6-7H,4-5,8-9H2,1H3,(H,17,18). The van der Waals surface area contributed by atoms with E-state index in [-0.39, 0.29) is 24.0 Å². The van der Waals surface area contributed by atoms with Crippen LogP contribution in [0.2, 0.25) is 5.02 Å². The van der Waals surface area contributed by atoms with Crippen molar-refractivity contribution in [2.24, 2.45) is 0 Å². The molecule has 1 unspecified atom stereocenters. The van der Waals surface area contributed by atoms with Gasteiger partial charge in [-0.25, -0.2) is 8.42 Å². The fourth-order valence-electron chi connectivity index (χ4n) is 2.74. The largest absolute Gasteiger partial charge is 0.488 e. The van der Waals surface area contributed by atoms with Crippen molar-refractivity contribution in [2.45, 2.75) is 18.9 Å². The van der Waals surface area contributed by atoms with E-state index in [0.29, 0.717) is 22.8 Å². The summed E-state index contributed by atoms with van der Waals surface area (Å²) in [6.07, 6.45) is 2.16. The first-order valence-corrected chi connectivity index (χ1v) is 9.12. The Morgan fingerprint density at radius 1 is 1.41 bits per heavy atom. The summed E-state index contributed by atoms with van der Waals surface area (Å²) in [5, 5.41) is 3.39. The van der Waals surface area contributed by atoms with E-state index in [9.17, 15) is 13.2 Å². The summed E-state index contributed by atoms with van der Waals surface area (Å²) >= 11 is 5.94. The Hall–Kier alpha value is -1.53. The number of benzene rings is 1. The Bertz CT molecular complexity index is 772. The highest BCUT2D eigenvalue weighted by atomic mass is 35.5. The number of rotatable bonds is 2. The first kappa shape index (κ1) is 15.4. The number of halogens is 1. The van der Waals surface area contributed by atoms with Gasteiger partial charge in [0.25, 0.3) is 5.91 Å². The van der Waals surface area contributed by atoms with Gasteiger partial charge in [-0.15, -0.1) is 0 Å². The van der Waals surface area contributed by atoms with Crippen LogP contribution in [0.25, 0.3) is 6.08 Å². The highest BCUT2D eigenvalue weighted by molar-refractivity contribution is 7.91. The average molecular weight is 342 g/mol. The summed E-state index contributed by atoms with van der Waals surface area (Å²) in [4.78, 5) is 12.4. The van der Waals surface area contributed by atoms with Crippen LogP contribution in [0, 0.1) is 0 Å². The maximum atomic E-state index is 12.4. The Morgan fingerprint density at radius 3 is 2.86 bits per heavy atom. The minimum absolute atomic E-state index is 0.0255. The number of carbonyl (C=O) groups is 1. The number of hydrogen-bond acceptors (Lipinski definition) is 4. The number of fused-ring (bicyclic) bond motifs is 1. The Morgan fingerprint density at radius 2 is 2.18 bits per heavy atom. The van der Waals surface area contributed by atoms with Crippen LogP contribution in [0.4, 0.5) is 0 Å². The maximum Gasteiger partial charge on any atom is 0.251 e. The van der Waals surface area contributed by atoms with Gasteiger partial charge in [0, 0.05) is 10.6 Å². The average Bonchev–Trinajstić information content (AvgIpc) is 2.71. The zero-order chi connectivity index (χ0) is 16.0. The highest BCUT2D eigenvalue weighted by Gasteiger charge is 2.40. The molecular weight excluding hydrogens is 326 g/mol. The molecule has 0 radical (unpaired) electrons. The van der Waals surface area contributed by atoms with Crippen LogP contribution >= 0.6 is 11.6 Å². The van der Waals surface area contributed by atoms with Crippen LogP contribution < -0.4 is 10.1 Å². The summed E-state index contributed by atoms with van der Waals surface area (Å²) in [5.41, 5.74) is 0.485. The van der Waals surface area contributed by atoms with Gasteiger partial charge in [0.15, 0.2) is 9.84 Å². The molecule has 3 rings (SSSR count).